The molecule has 0 saturated heterocycles. The highest BCUT2D eigenvalue weighted by Gasteiger charge is 2.16. The summed E-state index contributed by atoms with van der Waals surface area (Å²) in [5.74, 6) is -0.841. The van der Waals surface area contributed by atoms with Gasteiger partial charge in [0.15, 0.2) is 0 Å². The Kier molecular flexibility index (Phi) is 6.58. The van der Waals surface area contributed by atoms with Gasteiger partial charge in [0.2, 0.25) is 5.91 Å². The summed E-state index contributed by atoms with van der Waals surface area (Å²) in [6, 6.07) is 22.3. The molecule has 3 aromatic rings. The first-order valence-corrected chi connectivity index (χ1v) is 9.33. The minimum Gasteiger partial charge on any atom is -0.374 e. The van der Waals surface area contributed by atoms with Crippen LogP contribution >= 0.6 is 0 Å². The molecule has 0 spiro atoms. The molecular weight excluding hydrogens is 369 g/mol. The summed E-state index contributed by atoms with van der Waals surface area (Å²) in [4.78, 5) is 26.6. The van der Waals surface area contributed by atoms with Crippen LogP contribution in [0.4, 0.5) is 21.5 Å². The summed E-state index contributed by atoms with van der Waals surface area (Å²) in [5, 5.41) is 5.48. The number of rotatable bonds is 7. The maximum absolute atomic E-state index is 13.6. The number of carbonyl (C=O) groups excluding carboxylic acids is 2. The van der Waals surface area contributed by atoms with Crippen molar-refractivity contribution < 1.29 is 14.0 Å². The van der Waals surface area contributed by atoms with Crippen LogP contribution in [0.2, 0.25) is 0 Å². The fraction of sp³-hybridized carbons (Fsp3) is 0.130. The van der Waals surface area contributed by atoms with E-state index in [1.165, 1.54) is 6.07 Å². The minimum atomic E-state index is -0.415. The molecule has 0 unspecified atom stereocenters. The van der Waals surface area contributed by atoms with Gasteiger partial charge in [-0.3, -0.25) is 9.59 Å². The predicted octanol–water partition coefficient (Wildman–Crippen LogP) is 4.54. The number of para-hydroxylation sites is 2. The van der Waals surface area contributed by atoms with E-state index in [9.17, 15) is 14.0 Å². The van der Waals surface area contributed by atoms with Crippen molar-refractivity contribution in [3.8, 4) is 0 Å². The number of hydrogen-bond acceptors (Lipinski definition) is 3. The molecule has 0 saturated carbocycles. The Balaban J connectivity index is 1.60. The summed E-state index contributed by atoms with van der Waals surface area (Å²) < 4.78 is 13.6. The van der Waals surface area contributed by atoms with Crippen LogP contribution in [-0.2, 0) is 4.79 Å². The zero-order chi connectivity index (χ0) is 20.6. The number of halogens is 1. The van der Waals surface area contributed by atoms with Crippen LogP contribution in [0.5, 0.6) is 0 Å². The Labute approximate surface area is 169 Å². The largest absolute Gasteiger partial charge is 0.374 e. The zero-order valence-electron chi connectivity index (χ0n) is 16.1. The Bertz CT molecular complexity index is 975. The molecule has 3 rings (SSSR count). The maximum atomic E-state index is 13.6. The van der Waals surface area contributed by atoms with Crippen LogP contribution in [0.1, 0.15) is 17.3 Å². The average Bonchev–Trinajstić information content (AvgIpc) is 2.75. The molecule has 0 aliphatic carbocycles. The first-order chi connectivity index (χ1) is 14.1. The van der Waals surface area contributed by atoms with E-state index < -0.39 is 5.82 Å². The van der Waals surface area contributed by atoms with Gasteiger partial charge >= 0.3 is 0 Å². The van der Waals surface area contributed by atoms with Gasteiger partial charge in [0, 0.05) is 23.5 Å². The molecule has 0 aliphatic rings. The number of benzene rings is 3. The molecule has 2 amide bonds. The maximum Gasteiger partial charge on any atom is 0.258 e. The molecule has 0 aliphatic heterocycles. The number of amides is 2. The highest BCUT2D eigenvalue weighted by Crippen LogP contribution is 2.18. The summed E-state index contributed by atoms with van der Waals surface area (Å²) in [6.07, 6.45) is 0. The lowest BCUT2D eigenvalue weighted by molar-refractivity contribution is -0.114. The number of hydrogen-bond donors (Lipinski definition) is 2. The van der Waals surface area contributed by atoms with Gasteiger partial charge in [-0.25, -0.2) is 4.39 Å². The molecule has 0 atom stereocenters. The Morgan fingerprint density at radius 1 is 0.897 bits per heavy atom. The highest BCUT2D eigenvalue weighted by molar-refractivity contribution is 6.06. The van der Waals surface area contributed by atoms with Crippen molar-refractivity contribution in [3.63, 3.8) is 0 Å². The summed E-state index contributed by atoms with van der Waals surface area (Å²) in [5.41, 5.74) is 2.18. The minimum absolute atomic E-state index is 0.0702. The number of anilines is 3. The van der Waals surface area contributed by atoms with Crippen molar-refractivity contribution in [1.29, 1.82) is 0 Å². The van der Waals surface area contributed by atoms with E-state index >= 15 is 0 Å². The number of carbonyl (C=O) groups is 2. The first kappa shape index (κ1) is 20.1. The fourth-order valence-corrected chi connectivity index (χ4v) is 2.89. The van der Waals surface area contributed by atoms with Crippen molar-refractivity contribution in [3.05, 3.63) is 90.2 Å². The Morgan fingerprint density at radius 2 is 1.55 bits per heavy atom. The molecule has 148 valence electrons. The van der Waals surface area contributed by atoms with E-state index in [-0.39, 0.29) is 24.0 Å². The van der Waals surface area contributed by atoms with Gasteiger partial charge in [-0.1, -0.05) is 30.3 Å². The molecule has 0 radical (unpaired) electrons. The lowest BCUT2D eigenvalue weighted by Gasteiger charge is -2.21. The lowest BCUT2D eigenvalue weighted by Crippen LogP contribution is -2.30. The first-order valence-electron chi connectivity index (χ1n) is 9.33. The quantitative estimate of drug-likeness (QED) is 0.621. The van der Waals surface area contributed by atoms with E-state index in [4.69, 9.17) is 0 Å². The van der Waals surface area contributed by atoms with Gasteiger partial charge < -0.3 is 15.5 Å². The molecule has 29 heavy (non-hydrogen) atoms. The predicted molar refractivity (Wildman–Crippen MR) is 114 cm³/mol. The van der Waals surface area contributed by atoms with E-state index in [1.54, 1.807) is 47.4 Å². The van der Waals surface area contributed by atoms with E-state index in [0.717, 1.165) is 5.69 Å². The van der Waals surface area contributed by atoms with Crippen LogP contribution in [0, 0.1) is 5.82 Å². The van der Waals surface area contributed by atoms with Gasteiger partial charge in [0.25, 0.3) is 5.91 Å². The fourth-order valence-electron chi connectivity index (χ4n) is 2.89. The van der Waals surface area contributed by atoms with Crippen LogP contribution in [0.25, 0.3) is 0 Å². The van der Waals surface area contributed by atoms with Crippen LogP contribution in [-0.4, -0.2) is 24.9 Å². The van der Waals surface area contributed by atoms with E-state index in [2.05, 4.69) is 10.6 Å². The van der Waals surface area contributed by atoms with Gasteiger partial charge in [-0.05, 0) is 55.5 Å². The third-order valence-electron chi connectivity index (χ3n) is 4.36. The van der Waals surface area contributed by atoms with Gasteiger partial charge in [-0.15, -0.1) is 0 Å². The molecule has 3 aromatic carbocycles. The van der Waals surface area contributed by atoms with Crippen molar-refractivity contribution in [2.45, 2.75) is 6.92 Å². The molecular formula is C23H22FN3O2. The number of nitrogens with zero attached hydrogens (tertiary/aromatic N) is 1. The van der Waals surface area contributed by atoms with E-state index in [1.807, 2.05) is 37.3 Å². The SMILES string of the molecule is CCN(C(=O)c1ccc(NC(=O)CNc2ccccc2F)cc1)c1ccccc1. The van der Waals surface area contributed by atoms with Gasteiger partial charge in [0.1, 0.15) is 5.82 Å². The molecule has 6 heteroatoms. The summed E-state index contributed by atoms with van der Waals surface area (Å²) in [6.45, 7) is 2.39. The second-order valence-electron chi connectivity index (χ2n) is 6.34. The monoisotopic (exact) mass is 391 g/mol. The molecule has 0 fully saturated rings. The standard InChI is InChI=1S/C23H22FN3O2/c1-2-27(19-8-4-3-5-9-19)23(29)17-12-14-18(15-13-17)26-22(28)16-25-21-11-7-6-10-20(21)24/h3-15,25H,2,16H2,1H3,(H,26,28). The summed E-state index contributed by atoms with van der Waals surface area (Å²) in [7, 11) is 0. The van der Waals surface area contributed by atoms with Crippen molar-refractivity contribution in [1.82, 2.24) is 0 Å². The lowest BCUT2D eigenvalue weighted by atomic mass is 10.1. The molecule has 5 nitrogen and oxygen atoms in total. The molecule has 0 aromatic heterocycles. The normalized spacial score (nSPS) is 10.3. The average molecular weight is 391 g/mol. The van der Waals surface area contributed by atoms with Crippen molar-refractivity contribution in [2.75, 3.05) is 28.6 Å². The van der Waals surface area contributed by atoms with Gasteiger partial charge in [-0.2, -0.15) is 0 Å². The number of nitrogens with one attached hydrogen (secondary N) is 2. The second kappa shape index (κ2) is 9.50. The summed E-state index contributed by atoms with van der Waals surface area (Å²) >= 11 is 0. The second-order valence-corrected chi connectivity index (χ2v) is 6.34. The van der Waals surface area contributed by atoms with Crippen molar-refractivity contribution >= 4 is 28.9 Å². The van der Waals surface area contributed by atoms with E-state index in [0.29, 0.717) is 17.8 Å². The zero-order valence-corrected chi connectivity index (χ0v) is 16.1. The van der Waals surface area contributed by atoms with Crippen molar-refractivity contribution in [2.24, 2.45) is 0 Å². The Morgan fingerprint density at radius 3 is 2.21 bits per heavy atom. The third kappa shape index (κ3) is 5.19. The van der Waals surface area contributed by atoms with Crippen LogP contribution in [0.15, 0.2) is 78.9 Å². The van der Waals surface area contributed by atoms with Crippen LogP contribution < -0.4 is 15.5 Å². The molecule has 0 bridgehead atoms. The topological polar surface area (TPSA) is 61.4 Å². The highest BCUT2D eigenvalue weighted by atomic mass is 19.1. The molecule has 2 N–H and O–H groups in total. The smallest absolute Gasteiger partial charge is 0.258 e. The Hall–Kier alpha value is -3.67. The molecule has 0 heterocycles. The third-order valence-corrected chi connectivity index (χ3v) is 4.36. The van der Waals surface area contributed by atoms with Crippen LogP contribution in [0.3, 0.4) is 0 Å². The van der Waals surface area contributed by atoms with Gasteiger partial charge in [0.05, 0.1) is 12.2 Å².